The van der Waals surface area contributed by atoms with Crippen LogP contribution >= 0.6 is 11.8 Å². The van der Waals surface area contributed by atoms with Gasteiger partial charge in [0.25, 0.3) is 0 Å². The summed E-state index contributed by atoms with van der Waals surface area (Å²) in [6, 6.07) is 15.5. The molecule has 0 aromatic heterocycles. The van der Waals surface area contributed by atoms with Gasteiger partial charge < -0.3 is 15.4 Å². The summed E-state index contributed by atoms with van der Waals surface area (Å²) in [6.07, 6.45) is 2.79. The second-order valence-electron chi connectivity index (χ2n) is 4.94. The Morgan fingerprint density at radius 1 is 1.17 bits per heavy atom. The summed E-state index contributed by atoms with van der Waals surface area (Å²) < 4.78 is 5.41. The topological polar surface area (TPSA) is 50.4 Å². The van der Waals surface area contributed by atoms with Gasteiger partial charge in [0.2, 0.25) is 0 Å². The lowest BCUT2D eigenvalue weighted by Crippen LogP contribution is -2.30. The molecule has 4 nitrogen and oxygen atoms in total. The van der Waals surface area contributed by atoms with Gasteiger partial charge in [-0.2, -0.15) is 0 Å². The smallest absolute Gasteiger partial charge is 0.319 e. The highest BCUT2D eigenvalue weighted by atomic mass is 32.2. The van der Waals surface area contributed by atoms with Crippen molar-refractivity contribution in [1.82, 2.24) is 5.32 Å². The van der Waals surface area contributed by atoms with E-state index in [0.29, 0.717) is 13.2 Å². The van der Waals surface area contributed by atoms with E-state index in [0.717, 1.165) is 28.3 Å². The second-order valence-corrected chi connectivity index (χ2v) is 5.82. The normalized spacial score (nSPS) is 10.2. The van der Waals surface area contributed by atoms with E-state index in [-0.39, 0.29) is 6.03 Å². The Labute approximate surface area is 141 Å². The maximum absolute atomic E-state index is 11.9. The van der Waals surface area contributed by atoms with Gasteiger partial charge in [0.1, 0.15) is 5.75 Å². The van der Waals surface area contributed by atoms with Crippen molar-refractivity contribution in [2.24, 2.45) is 0 Å². The molecule has 2 aromatic rings. The third kappa shape index (κ3) is 5.87. The Kier molecular flexibility index (Phi) is 6.81. The molecular formula is C18H22N2O2S. The Hall–Kier alpha value is -2.14. The van der Waals surface area contributed by atoms with Crippen LogP contribution < -0.4 is 15.4 Å². The minimum Gasteiger partial charge on any atom is -0.494 e. The number of urea groups is 1. The zero-order valence-electron chi connectivity index (χ0n) is 13.5. The average molecular weight is 330 g/mol. The van der Waals surface area contributed by atoms with Crippen LogP contribution in [-0.2, 0) is 6.42 Å². The quantitative estimate of drug-likeness (QED) is 0.749. The number of hydrogen-bond donors (Lipinski definition) is 2. The summed E-state index contributed by atoms with van der Waals surface area (Å²) >= 11 is 1.65. The van der Waals surface area contributed by atoms with Crippen molar-refractivity contribution in [2.45, 2.75) is 18.2 Å². The number of rotatable bonds is 7. The van der Waals surface area contributed by atoms with E-state index in [9.17, 15) is 4.79 Å². The van der Waals surface area contributed by atoms with E-state index in [1.807, 2.05) is 61.7 Å². The van der Waals surface area contributed by atoms with Gasteiger partial charge in [0, 0.05) is 17.1 Å². The van der Waals surface area contributed by atoms with Crippen LogP contribution in [0, 0.1) is 0 Å². The molecule has 0 aliphatic heterocycles. The van der Waals surface area contributed by atoms with Crippen LogP contribution in [-0.4, -0.2) is 25.4 Å². The number of nitrogens with one attached hydrogen (secondary N) is 2. The first-order valence-corrected chi connectivity index (χ1v) is 8.84. The zero-order valence-corrected chi connectivity index (χ0v) is 14.3. The Morgan fingerprint density at radius 2 is 1.96 bits per heavy atom. The molecule has 2 amide bonds. The highest BCUT2D eigenvalue weighted by Crippen LogP contribution is 2.18. The van der Waals surface area contributed by atoms with Crippen molar-refractivity contribution in [2.75, 3.05) is 24.7 Å². The number of thioether (sulfide) groups is 1. The van der Waals surface area contributed by atoms with E-state index in [1.54, 1.807) is 11.8 Å². The largest absolute Gasteiger partial charge is 0.494 e. The molecule has 0 saturated heterocycles. The predicted octanol–water partition coefficient (Wildman–Crippen LogP) is 4.17. The molecule has 0 fully saturated rings. The van der Waals surface area contributed by atoms with E-state index >= 15 is 0 Å². The monoisotopic (exact) mass is 330 g/mol. The molecule has 0 spiro atoms. The number of amides is 2. The molecule has 0 heterocycles. The van der Waals surface area contributed by atoms with Gasteiger partial charge >= 0.3 is 6.03 Å². The minimum atomic E-state index is -0.186. The third-order valence-corrected chi connectivity index (χ3v) is 3.99. The van der Waals surface area contributed by atoms with Gasteiger partial charge in [-0.25, -0.2) is 4.79 Å². The lowest BCUT2D eigenvalue weighted by atomic mass is 10.1. The van der Waals surface area contributed by atoms with Gasteiger partial charge in [-0.1, -0.05) is 18.2 Å². The number of carbonyl (C=O) groups is 1. The average Bonchev–Trinajstić information content (AvgIpc) is 2.57. The molecule has 0 atom stereocenters. The molecule has 23 heavy (non-hydrogen) atoms. The summed E-state index contributed by atoms with van der Waals surface area (Å²) in [5.41, 5.74) is 1.97. The van der Waals surface area contributed by atoms with Crippen LogP contribution in [0.5, 0.6) is 5.75 Å². The lowest BCUT2D eigenvalue weighted by Gasteiger charge is -2.09. The van der Waals surface area contributed by atoms with Crippen molar-refractivity contribution in [3.8, 4) is 5.75 Å². The summed E-state index contributed by atoms with van der Waals surface area (Å²) in [5, 5.41) is 5.71. The molecule has 2 aromatic carbocycles. The number of anilines is 1. The van der Waals surface area contributed by atoms with Crippen LogP contribution in [0.3, 0.4) is 0 Å². The SMILES string of the molecule is CCOc1ccc(CCNC(=O)Nc2cccc(SC)c2)cc1. The fraction of sp³-hybridized carbons (Fsp3) is 0.278. The van der Waals surface area contributed by atoms with Crippen molar-refractivity contribution in [3.63, 3.8) is 0 Å². The van der Waals surface area contributed by atoms with Crippen molar-refractivity contribution in [3.05, 3.63) is 54.1 Å². The van der Waals surface area contributed by atoms with E-state index in [2.05, 4.69) is 10.6 Å². The van der Waals surface area contributed by atoms with E-state index in [4.69, 9.17) is 4.74 Å². The lowest BCUT2D eigenvalue weighted by molar-refractivity contribution is 0.252. The van der Waals surface area contributed by atoms with Crippen molar-refractivity contribution in [1.29, 1.82) is 0 Å². The number of hydrogen-bond acceptors (Lipinski definition) is 3. The molecule has 2 N–H and O–H groups in total. The molecule has 0 unspecified atom stereocenters. The summed E-state index contributed by atoms with van der Waals surface area (Å²) in [4.78, 5) is 13.0. The van der Waals surface area contributed by atoms with Crippen LogP contribution in [0.1, 0.15) is 12.5 Å². The highest BCUT2D eigenvalue weighted by Gasteiger charge is 2.02. The van der Waals surface area contributed by atoms with Gasteiger partial charge in [-0.05, 0) is 55.5 Å². The highest BCUT2D eigenvalue weighted by molar-refractivity contribution is 7.98. The zero-order chi connectivity index (χ0) is 16.5. The van der Waals surface area contributed by atoms with Crippen LogP contribution in [0.4, 0.5) is 10.5 Å². The molecule has 0 aliphatic carbocycles. The molecule has 5 heteroatoms. The first-order chi connectivity index (χ1) is 11.2. The first-order valence-electron chi connectivity index (χ1n) is 7.62. The van der Waals surface area contributed by atoms with E-state index < -0.39 is 0 Å². The molecule has 122 valence electrons. The molecule has 0 saturated carbocycles. The van der Waals surface area contributed by atoms with Crippen LogP contribution in [0.15, 0.2) is 53.4 Å². The fourth-order valence-electron chi connectivity index (χ4n) is 2.12. The molecule has 0 radical (unpaired) electrons. The number of ether oxygens (including phenoxy) is 1. The number of benzene rings is 2. The van der Waals surface area contributed by atoms with E-state index in [1.165, 1.54) is 0 Å². The van der Waals surface area contributed by atoms with Crippen molar-refractivity contribution >= 4 is 23.5 Å². The summed E-state index contributed by atoms with van der Waals surface area (Å²) in [6.45, 7) is 3.21. The Bertz CT molecular complexity index is 629. The van der Waals surface area contributed by atoms with Crippen molar-refractivity contribution < 1.29 is 9.53 Å². The second kappa shape index (κ2) is 9.10. The van der Waals surface area contributed by atoms with Gasteiger partial charge in [0.15, 0.2) is 0 Å². The van der Waals surface area contributed by atoms with Crippen LogP contribution in [0.2, 0.25) is 0 Å². The fourth-order valence-corrected chi connectivity index (χ4v) is 2.57. The molecule has 0 bridgehead atoms. The first kappa shape index (κ1) is 17.2. The van der Waals surface area contributed by atoms with Gasteiger partial charge in [-0.3, -0.25) is 0 Å². The number of carbonyl (C=O) groups excluding carboxylic acids is 1. The summed E-state index contributed by atoms with van der Waals surface area (Å²) in [7, 11) is 0. The minimum absolute atomic E-state index is 0.186. The molecule has 0 aliphatic rings. The van der Waals surface area contributed by atoms with Gasteiger partial charge in [-0.15, -0.1) is 11.8 Å². The standard InChI is InChI=1S/C18H22N2O2S/c1-3-22-16-9-7-14(8-10-16)11-12-19-18(21)20-15-5-4-6-17(13-15)23-2/h4-10,13H,3,11-12H2,1-2H3,(H2,19,20,21). The van der Waals surface area contributed by atoms with Gasteiger partial charge in [0.05, 0.1) is 6.61 Å². The maximum atomic E-state index is 11.9. The third-order valence-electron chi connectivity index (χ3n) is 3.26. The maximum Gasteiger partial charge on any atom is 0.319 e. The van der Waals surface area contributed by atoms with Crippen LogP contribution in [0.25, 0.3) is 0 Å². The molecular weight excluding hydrogens is 308 g/mol. The predicted molar refractivity (Wildman–Crippen MR) is 96.6 cm³/mol. The Morgan fingerprint density at radius 3 is 2.65 bits per heavy atom. The molecule has 2 rings (SSSR count). The Balaban J connectivity index is 1.75. The summed E-state index contributed by atoms with van der Waals surface area (Å²) in [5.74, 6) is 0.871.